The van der Waals surface area contributed by atoms with Crippen molar-refractivity contribution in [1.29, 1.82) is 0 Å². The number of aromatic nitrogens is 2. The normalized spacial score (nSPS) is 10.5. The average molecular weight is 360 g/mol. The second-order valence-corrected chi connectivity index (χ2v) is 6.29. The molecular formula is C22H24N4O. The number of anilines is 3. The van der Waals surface area contributed by atoms with Gasteiger partial charge in [0.05, 0.1) is 11.8 Å². The van der Waals surface area contributed by atoms with Gasteiger partial charge in [0.15, 0.2) is 5.82 Å². The minimum atomic E-state index is 0.0862. The van der Waals surface area contributed by atoms with E-state index in [1.165, 1.54) is 0 Å². The van der Waals surface area contributed by atoms with Gasteiger partial charge in [0.2, 0.25) is 0 Å². The van der Waals surface area contributed by atoms with E-state index in [9.17, 15) is 0 Å². The molecule has 0 aliphatic rings. The Hall–Kier alpha value is -3.34. The zero-order valence-electron chi connectivity index (χ0n) is 15.6. The minimum absolute atomic E-state index is 0.0862. The summed E-state index contributed by atoms with van der Waals surface area (Å²) in [6.45, 7) is 8.38. The van der Waals surface area contributed by atoms with Crippen molar-refractivity contribution in [3.05, 3.63) is 73.3 Å². The Kier molecular flexibility index (Phi) is 6.05. The summed E-state index contributed by atoms with van der Waals surface area (Å²) in [6, 6.07) is 19.6. The van der Waals surface area contributed by atoms with E-state index < -0.39 is 0 Å². The van der Waals surface area contributed by atoms with Gasteiger partial charge in [-0.15, -0.1) is 6.58 Å². The number of nitrogens with one attached hydrogen (secondary N) is 2. The lowest BCUT2D eigenvalue weighted by Crippen LogP contribution is -2.08. The SMILES string of the molecule is C=CCNc1cc(Nc2ccccc2OC(C)C)nc(-c2ccccc2)n1. The van der Waals surface area contributed by atoms with Crippen LogP contribution >= 0.6 is 0 Å². The van der Waals surface area contributed by atoms with Crippen LogP contribution in [0.5, 0.6) is 5.75 Å². The molecule has 0 saturated carbocycles. The fourth-order valence-electron chi connectivity index (χ4n) is 2.56. The lowest BCUT2D eigenvalue weighted by molar-refractivity contribution is 0.244. The van der Waals surface area contributed by atoms with E-state index in [0.717, 1.165) is 22.8 Å². The van der Waals surface area contributed by atoms with Crippen molar-refractivity contribution in [3.8, 4) is 17.1 Å². The van der Waals surface area contributed by atoms with Crippen LogP contribution in [0.3, 0.4) is 0 Å². The van der Waals surface area contributed by atoms with Gasteiger partial charge in [0.25, 0.3) is 0 Å². The maximum atomic E-state index is 5.89. The highest BCUT2D eigenvalue weighted by atomic mass is 16.5. The van der Waals surface area contributed by atoms with Gasteiger partial charge in [-0.1, -0.05) is 48.5 Å². The summed E-state index contributed by atoms with van der Waals surface area (Å²) >= 11 is 0. The monoisotopic (exact) mass is 360 g/mol. The number of benzene rings is 2. The van der Waals surface area contributed by atoms with Crippen LogP contribution < -0.4 is 15.4 Å². The second kappa shape index (κ2) is 8.85. The highest BCUT2D eigenvalue weighted by Crippen LogP contribution is 2.29. The van der Waals surface area contributed by atoms with Crippen LogP contribution in [0, 0.1) is 0 Å². The number of hydrogen-bond donors (Lipinski definition) is 2. The number of nitrogens with zero attached hydrogens (tertiary/aromatic N) is 2. The molecule has 0 bridgehead atoms. The predicted octanol–water partition coefficient (Wildman–Crippen LogP) is 5.27. The van der Waals surface area contributed by atoms with E-state index in [0.29, 0.717) is 18.2 Å². The van der Waals surface area contributed by atoms with Crippen molar-refractivity contribution in [1.82, 2.24) is 9.97 Å². The first kappa shape index (κ1) is 18.5. The Morgan fingerprint density at radius 1 is 1.00 bits per heavy atom. The minimum Gasteiger partial charge on any atom is -0.489 e. The highest BCUT2D eigenvalue weighted by molar-refractivity contribution is 5.68. The van der Waals surface area contributed by atoms with E-state index >= 15 is 0 Å². The van der Waals surface area contributed by atoms with Gasteiger partial charge in [-0.3, -0.25) is 0 Å². The Morgan fingerprint density at radius 2 is 1.70 bits per heavy atom. The molecule has 0 aliphatic carbocycles. The standard InChI is InChI=1S/C22H24N4O/c1-4-14-23-20-15-21(26-22(25-20)17-10-6-5-7-11-17)24-18-12-8-9-13-19(18)27-16(2)3/h4-13,15-16H,1,14H2,2-3H3,(H2,23,24,25,26). The molecule has 1 heterocycles. The third-order valence-corrected chi connectivity index (χ3v) is 3.70. The molecule has 3 aromatic rings. The van der Waals surface area contributed by atoms with Gasteiger partial charge < -0.3 is 15.4 Å². The Bertz CT molecular complexity index is 894. The second-order valence-electron chi connectivity index (χ2n) is 6.29. The van der Waals surface area contributed by atoms with Crippen LogP contribution in [0.15, 0.2) is 73.3 Å². The topological polar surface area (TPSA) is 59.1 Å². The molecule has 0 saturated heterocycles. The third-order valence-electron chi connectivity index (χ3n) is 3.70. The zero-order valence-corrected chi connectivity index (χ0v) is 15.6. The maximum Gasteiger partial charge on any atom is 0.163 e. The first-order valence-corrected chi connectivity index (χ1v) is 8.97. The summed E-state index contributed by atoms with van der Waals surface area (Å²) < 4.78 is 5.89. The smallest absolute Gasteiger partial charge is 0.163 e. The number of ether oxygens (including phenoxy) is 1. The average Bonchev–Trinajstić information content (AvgIpc) is 2.68. The van der Waals surface area contributed by atoms with Crippen molar-refractivity contribution in [2.45, 2.75) is 20.0 Å². The van der Waals surface area contributed by atoms with Crippen LogP contribution in [0.4, 0.5) is 17.3 Å². The summed E-state index contributed by atoms with van der Waals surface area (Å²) in [7, 11) is 0. The quantitative estimate of drug-likeness (QED) is 0.536. The Balaban J connectivity index is 1.96. The molecule has 0 spiro atoms. The number of rotatable bonds is 8. The molecule has 0 aliphatic heterocycles. The van der Waals surface area contributed by atoms with Crippen molar-refractivity contribution >= 4 is 17.3 Å². The van der Waals surface area contributed by atoms with Crippen molar-refractivity contribution in [2.75, 3.05) is 17.2 Å². The Labute approximate surface area is 160 Å². The maximum absolute atomic E-state index is 5.89. The molecule has 5 heteroatoms. The van der Waals surface area contributed by atoms with Gasteiger partial charge >= 0.3 is 0 Å². The van der Waals surface area contributed by atoms with Gasteiger partial charge in [-0.05, 0) is 26.0 Å². The first-order chi connectivity index (χ1) is 13.2. The molecule has 5 nitrogen and oxygen atoms in total. The van der Waals surface area contributed by atoms with E-state index in [1.807, 2.05) is 74.5 Å². The van der Waals surface area contributed by atoms with Crippen molar-refractivity contribution in [3.63, 3.8) is 0 Å². The van der Waals surface area contributed by atoms with Gasteiger partial charge in [0.1, 0.15) is 17.4 Å². The highest BCUT2D eigenvalue weighted by Gasteiger charge is 2.10. The van der Waals surface area contributed by atoms with E-state index in [2.05, 4.69) is 27.2 Å². The molecule has 1 aromatic heterocycles. The van der Waals surface area contributed by atoms with Crippen LogP contribution in [-0.2, 0) is 0 Å². The molecule has 0 amide bonds. The van der Waals surface area contributed by atoms with Gasteiger partial charge in [-0.2, -0.15) is 0 Å². The first-order valence-electron chi connectivity index (χ1n) is 8.97. The molecular weight excluding hydrogens is 336 g/mol. The Morgan fingerprint density at radius 3 is 2.44 bits per heavy atom. The molecule has 0 radical (unpaired) electrons. The summed E-state index contributed by atoms with van der Waals surface area (Å²) in [4.78, 5) is 9.30. The van der Waals surface area contributed by atoms with Crippen molar-refractivity contribution < 1.29 is 4.74 Å². The van der Waals surface area contributed by atoms with Gasteiger partial charge in [0, 0.05) is 18.2 Å². The summed E-state index contributed by atoms with van der Waals surface area (Å²) in [5, 5.41) is 6.60. The summed E-state index contributed by atoms with van der Waals surface area (Å²) in [5.41, 5.74) is 1.81. The fourth-order valence-corrected chi connectivity index (χ4v) is 2.56. The van der Waals surface area contributed by atoms with E-state index in [4.69, 9.17) is 4.74 Å². The van der Waals surface area contributed by atoms with E-state index in [-0.39, 0.29) is 6.10 Å². The molecule has 2 N–H and O–H groups in total. The molecule has 2 aromatic carbocycles. The largest absolute Gasteiger partial charge is 0.489 e. The molecule has 0 fully saturated rings. The number of hydrogen-bond acceptors (Lipinski definition) is 5. The molecule has 138 valence electrons. The molecule has 0 unspecified atom stereocenters. The fraction of sp³-hybridized carbons (Fsp3) is 0.182. The predicted molar refractivity (Wildman–Crippen MR) is 112 cm³/mol. The number of para-hydroxylation sites is 2. The lowest BCUT2D eigenvalue weighted by Gasteiger charge is -2.16. The van der Waals surface area contributed by atoms with E-state index in [1.54, 1.807) is 6.08 Å². The molecule has 0 atom stereocenters. The third kappa shape index (κ3) is 5.07. The summed E-state index contributed by atoms with van der Waals surface area (Å²) in [5.74, 6) is 2.85. The van der Waals surface area contributed by atoms with Gasteiger partial charge in [-0.25, -0.2) is 9.97 Å². The van der Waals surface area contributed by atoms with Crippen LogP contribution in [0.1, 0.15) is 13.8 Å². The van der Waals surface area contributed by atoms with Crippen LogP contribution in [0.2, 0.25) is 0 Å². The zero-order chi connectivity index (χ0) is 19.1. The van der Waals surface area contributed by atoms with Crippen LogP contribution in [0.25, 0.3) is 11.4 Å². The lowest BCUT2D eigenvalue weighted by atomic mass is 10.2. The summed E-state index contributed by atoms with van der Waals surface area (Å²) in [6.07, 6.45) is 1.88. The van der Waals surface area contributed by atoms with Crippen LogP contribution in [-0.4, -0.2) is 22.6 Å². The van der Waals surface area contributed by atoms with Crippen molar-refractivity contribution in [2.24, 2.45) is 0 Å². The molecule has 3 rings (SSSR count). The molecule has 27 heavy (non-hydrogen) atoms.